The van der Waals surface area contributed by atoms with Crippen LogP contribution in [-0.2, 0) is 11.3 Å². The Hall–Kier alpha value is -1.06. The monoisotopic (exact) mass is 194 g/mol. The Labute approximate surface area is 80.4 Å². The topological polar surface area (TPSA) is 29.5 Å². The molecule has 0 fully saturated rings. The predicted molar refractivity (Wildman–Crippen MR) is 54.2 cm³/mol. The summed E-state index contributed by atoms with van der Waals surface area (Å²) >= 11 is 1.69. The van der Waals surface area contributed by atoms with Crippen molar-refractivity contribution in [1.29, 1.82) is 0 Å². The highest BCUT2D eigenvalue weighted by molar-refractivity contribution is 7.19. The molecule has 1 aromatic heterocycles. The maximum Gasteiger partial charge on any atom is 0.116 e. The Morgan fingerprint density at radius 1 is 1.38 bits per heavy atom. The van der Waals surface area contributed by atoms with Crippen molar-refractivity contribution in [2.45, 2.75) is 6.61 Å². The third-order valence-corrected chi connectivity index (χ3v) is 2.93. The van der Waals surface area contributed by atoms with Crippen LogP contribution in [0.15, 0.2) is 24.3 Å². The van der Waals surface area contributed by atoms with Gasteiger partial charge in [-0.05, 0) is 29.7 Å². The molecular formula is C10H10O2S. The Morgan fingerprint density at radius 2 is 2.23 bits per heavy atom. The number of aromatic hydroxyl groups is 1. The van der Waals surface area contributed by atoms with E-state index in [1.807, 2.05) is 12.1 Å². The number of thiophene rings is 1. The van der Waals surface area contributed by atoms with Gasteiger partial charge >= 0.3 is 0 Å². The van der Waals surface area contributed by atoms with E-state index in [1.54, 1.807) is 30.6 Å². The lowest BCUT2D eigenvalue weighted by atomic mass is 10.2. The molecule has 1 aromatic carbocycles. The van der Waals surface area contributed by atoms with Crippen molar-refractivity contribution in [3.05, 3.63) is 29.1 Å². The number of fused-ring (bicyclic) bond motifs is 1. The fraction of sp³-hybridized carbons (Fsp3) is 0.200. The summed E-state index contributed by atoms with van der Waals surface area (Å²) in [5, 5.41) is 10.3. The molecule has 0 aliphatic heterocycles. The van der Waals surface area contributed by atoms with Crippen LogP contribution in [-0.4, -0.2) is 12.2 Å². The average Bonchev–Trinajstić information content (AvgIpc) is 2.46. The van der Waals surface area contributed by atoms with Gasteiger partial charge in [0.05, 0.1) is 6.61 Å². The summed E-state index contributed by atoms with van der Waals surface area (Å²) in [6.07, 6.45) is 0. The Morgan fingerprint density at radius 3 is 3.00 bits per heavy atom. The predicted octanol–water partition coefficient (Wildman–Crippen LogP) is 2.75. The van der Waals surface area contributed by atoms with E-state index in [9.17, 15) is 5.11 Å². The maximum absolute atomic E-state index is 9.24. The first kappa shape index (κ1) is 8.53. The van der Waals surface area contributed by atoms with Crippen LogP contribution in [0.5, 0.6) is 5.75 Å². The molecule has 0 atom stereocenters. The van der Waals surface area contributed by atoms with Gasteiger partial charge in [-0.3, -0.25) is 0 Å². The van der Waals surface area contributed by atoms with Gasteiger partial charge < -0.3 is 9.84 Å². The van der Waals surface area contributed by atoms with E-state index in [-0.39, 0.29) is 0 Å². The number of rotatable bonds is 2. The summed E-state index contributed by atoms with van der Waals surface area (Å²) in [6.45, 7) is 0.639. The minimum Gasteiger partial charge on any atom is -0.508 e. The van der Waals surface area contributed by atoms with Crippen LogP contribution < -0.4 is 0 Å². The Balaban J connectivity index is 2.49. The molecule has 0 radical (unpaired) electrons. The van der Waals surface area contributed by atoms with Gasteiger partial charge in [0.1, 0.15) is 5.75 Å². The molecule has 2 aromatic rings. The van der Waals surface area contributed by atoms with Gasteiger partial charge in [0.15, 0.2) is 0 Å². The maximum atomic E-state index is 9.24. The molecule has 0 amide bonds. The summed E-state index contributed by atoms with van der Waals surface area (Å²) in [4.78, 5) is 1.18. The van der Waals surface area contributed by atoms with Crippen molar-refractivity contribution in [3.8, 4) is 5.75 Å². The summed E-state index contributed by atoms with van der Waals surface area (Å²) in [6, 6.07) is 7.44. The zero-order valence-electron chi connectivity index (χ0n) is 7.28. The molecule has 0 unspecified atom stereocenters. The second-order valence-electron chi connectivity index (χ2n) is 2.87. The number of hydrogen-bond acceptors (Lipinski definition) is 3. The van der Waals surface area contributed by atoms with Gasteiger partial charge in [0.2, 0.25) is 0 Å². The minimum atomic E-state index is 0.314. The van der Waals surface area contributed by atoms with Crippen molar-refractivity contribution in [2.75, 3.05) is 7.11 Å². The number of ether oxygens (including phenoxy) is 1. The van der Waals surface area contributed by atoms with E-state index in [0.717, 1.165) is 5.39 Å². The number of methoxy groups -OCH3 is 1. The van der Waals surface area contributed by atoms with Crippen LogP contribution in [0.1, 0.15) is 4.88 Å². The summed E-state index contributed by atoms with van der Waals surface area (Å²) in [5.41, 5.74) is 0. The molecule has 13 heavy (non-hydrogen) atoms. The van der Waals surface area contributed by atoms with Gasteiger partial charge in [-0.1, -0.05) is 0 Å². The molecule has 2 nitrogen and oxygen atoms in total. The molecule has 3 heteroatoms. The number of hydrogen-bond donors (Lipinski definition) is 1. The molecular weight excluding hydrogens is 184 g/mol. The Kier molecular flexibility index (Phi) is 2.20. The standard InChI is InChI=1S/C10H10O2S/c1-12-6-9-5-7-4-8(11)2-3-10(7)13-9/h2-5,11H,6H2,1H3. The first-order valence-corrected chi connectivity index (χ1v) is 4.81. The second-order valence-corrected chi connectivity index (χ2v) is 4.04. The van der Waals surface area contributed by atoms with Gasteiger partial charge in [-0.15, -0.1) is 11.3 Å². The van der Waals surface area contributed by atoms with Crippen LogP contribution >= 0.6 is 11.3 Å². The van der Waals surface area contributed by atoms with E-state index in [1.165, 1.54) is 9.58 Å². The van der Waals surface area contributed by atoms with Crippen molar-refractivity contribution < 1.29 is 9.84 Å². The van der Waals surface area contributed by atoms with Crippen molar-refractivity contribution in [1.82, 2.24) is 0 Å². The first-order chi connectivity index (χ1) is 6.29. The van der Waals surface area contributed by atoms with Crippen LogP contribution in [0.2, 0.25) is 0 Å². The molecule has 0 aliphatic carbocycles. The van der Waals surface area contributed by atoms with E-state index in [2.05, 4.69) is 0 Å². The molecule has 0 saturated heterocycles. The van der Waals surface area contributed by atoms with E-state index < -0.39 is 0 Å². The SMILES string of the molecule is COCc1cc2cc(O)ccc2s1. The smallest absolute Gasteiger partial charge is 0.116 e. The van der Waals surface area contributed by atoms with Crippen molar-refractivity contribution in [2.24, 2.45) is 0 Å². The van der Waals surface area contributed by atoms with Crippen LogP contribution in [0.25, 0.3) is 10.1 Å². The van der Waals surface area contributed by atoms with Crippen LogP contribution in [0.3, 0.4) is 0 Å². The molecule has 2 rings (SSSR count). The Bertz CT molecular complexity index is 420. The van der Waals surface area contributed by atoms with Crippen LogP contribution in [0.4, 0.5) is 0 Å². The van der Waals surface area contributed by atoms with Gasteiger partial charge in [0.25, 0.3) is 0 Å². The highest BCUT2D eigenvalue weighted by Gasteiger charge is 2.01. The largest absolute Gasteiger partial charge is 0.508 e. The van der Waals surface area contributed by atoms with E-state index in [4.69, 9.17) is 4.74 Å². The molecule has 0 aliphatic rings. The molecule has 0 spiro atoms. The molecule has 68 valence electrons. The zero-order chi connectivity index (χ0) is 9.26. The van der Waals surface area contributed by atoms with Crippen molar-refractivity contribution in [3.63, 3.8) is 0 Å². The van der Waals surface area contributed by atoms with Gasteiger partial charge in [0, 0.05) is 16.7 Å². The fourth-order valence-electron chi connectivity index (χ4n) is 1.30. The van der Waals surface area contributed by atoms with E-state index >= 15 is 0 Å². The normalized spacial score (nSPS) is 10.8. The molecule has 0 bridgehead atoms. The number of phenols is 1. The fourth-order valence-corrected chi connectivity index (χ4v) is 2.32. The van der Waals surface area contributed by atoms with Gasteiger partial charge in [-0.25, -0.2) is 0 Å². The molecule has 0 saturated carbocycles. The molecule has 1 heterocycles. The zero-order valence-corrected chi connectivity index (χ0v) is 8.10. The lowest BCUT2D eigenvalue weighted by Crippen LogP contribution is -1.79. The number of phenolic OH excluding ortho intramolecular Hbond substituents is 1. The summed E-state index contributed by atoms with van der Waals surface area (Å²) in [7, 11) is 1.68. The van der Waals surface area contributed by atoms with Crippen molar-refractivity contribution >= 4 is 21.4 Å². The quantitative estimate of drug-likeness (QED) is 0.796. The lowest BCUT2D eigenvalue weighted by Gasteiger charge is -1.89. The van der Waals surface area contributed by atoms with Crippen LogP contribution in [0, 0.1) is 0 Å². The summed E-state index contributed by atoms with van der Waals surface area (Å²) in [5.74, 6) is 0.314. The third-order valence-electron chi connectivity index (χ3n) is 1.84. The highest BCUT2D eigenvalue weighted by atomic mass is 32.1. The minimum absolute atomic E-state index is 0.314. The molecule has 1 N–H and O–H groups in total. The first-order valence-electron chi connectivity index (χ1n) is 4.00. The second kappa shape index (κ2) is 3.36. The third kappa shape index (κ3) is 1.66. The lowest BCUT2D eigenvalue weighted by molar-refractivity contribution is 0.187. The average molecular weight is 194 g/mol. The van der Waals surface area contributed by atoms with E-state index in [0.29, 0.717) is 12.4 Å². The summed E-state index contributed by atoms with van der Waals surface area (Å²) < 4.78 is 6.22. The number of benzene rings is 1. The highest BCUT2D eigenvalue weighted by Crippen LogP contribution is 2.28. The van der Waals surface area contributed by atoms with Gasteiger partial charge in [-0.2, -0.15) is 0 Å².